The number of hydrogen-bond acceptors (Lipinski definition) is 5. The van der Waals surface area contributed by atoms with Crippen LogP contribution in [0.1, 0.15) is 55.5 Å². The third-order valence-corrected chi connectivity index (χ3v) is 5.60. The summed E-state index contributed by atoms with van der Waals surface area (Å²) in [6.45, 7) is 7.46. The zero-order valence-corrected chi connectivity index (χ0v) is 15.1. The Hall–Kier alpha value is -0.690. The standard InChI is InChI=1S/C15H25N3O2S.ClH/c1-4-15(5-2)11(7-12(15)20-6-3)18-14(19)10-9-21-13(8-16)17-10;/h9,11-12H,4-8,16H2,1-3H3,(H,18,19);1H. The second-order valence-corrected chi connectivity index (χ2v) is 6.42. The highest BCUT2D eigenvalue weighted by Gasteiger charge is 2.53. The number of thiazole rings is 1. The molecule has 0 bridgehead atoms. The number of nitrogens with zero attached hydrogens (tertiary/aromatic N) is 1. The SMILES string of the molecule is CCOC1CC(NC(=O)c2csc(CN)n2)C1(CC)CC.Cl. The number of rotatable bonds is 7. The van der Waals surface area contributed by atoms with Crippen molar-refractivity contribution in [2.75, 3.05) is 6.61 Å². The molecule has 1 saturated carbocycles. The average Bonchev–Trinajstić information content (AvgIpc) is 2.96. The lowest BCUT2D eigenvalue weighted by atomic mass is 9.58. The van der Waals surface area contributed by atoms with E-state index in [0.29, 0.717) is 12.2 Å². The third-order valence-electron chi connectivity index (χ3n) is 4.73. The molecule has 1 heterocycles. The molecule has 126 valence electrons. The Kier molecular flexibility index (Phi) is 7.25. The normalized spacial score (nSPS) is 22.5. The van der Waals surface area contributed by atoms with Crippen LogP contribution in [-0.4, -0.2) is 29.6 Å². The molecule has 1 aliphatic rings. The van der Waals surface area contributed by atoms with Crippen LogP contribution in [0.25, 0.3) is 0 Å². The first kappa shape index (κ1) is 19.4. The lowest BCUT2D eigenvalue weighted by Crippen LogP contribution is -2.64. The Labute approximate surface area is 142 Å². The van der Waals surface area contributed by atoms with Gasteiger partial charge in [0, 0.05) is 30.0 Å². The number of nitrogens with two attached hydrogens (primary N) is 1. The smallest absolute Gasteiger partial charge is 0.271 e. The summed E-state index contributed by atoms with van der Waals surface area (Å²) >= 11 is 1.43. The van der Waals surface area contributed by atoms with Gasteiger partial charge in [0.05, 0.1) is 6.10 Å². The van der Waals surface area contributed by atoms with Gasteiger partial charge in [-0.15, -0.1) is 23.7 Å². The molecule has 2 atom stereocenters. The second kappa shape index (κ2) is 8.24. The Balaban J connectivity index is 0.00000242. The van der Waals surface area contributed by atoms with Gasteiger partial charge in [0.1, 0.15) is 10.7 Å². The van der Waals surface area contributed by atoms with E-state index in [1.165, 1.54) is 11.3 Å². The second-order valence-electron chi connectivity index (χ2n) is 5.48. The monoisotopic (exact) mass is 347 g/mol. The minimum Gasteiger partial charge on any atom is -0.378 e. The molecular weight excluding hydrogens is 322 g/mol. The van der Waals surface area contributed by atoms with Gasteiger partial charge in [-0.1, -0.05) is 13.8 Å². The minimum atomic E-state index is -0.0998. The van der Waals surface area contributed by atoms with Crippen LogP contribution >= 0.6 is 23.7 Å². The van der Waals surface area contributed by atoms with Gasteiger partial charge in [-0.05, 0) is 26.2 Å². The number of hydrogen-bond donors (Lipinski definition) is 2. The molecule has 2 unspecified atom stereocenters. The highest BCUT2D eigenvalue weighted by Crippen LogP contribution is 2.48. The van der Waals surface area contributed by atoms with E-state index >= 15 is 0 Å². The van der Waals surface area contributed by atoms with Crippen LogP contribution in [0.4, 0.5) is 0 Å². The number of nitrogens with one attached hydrogen (secondary N) is 1. The van der Waals surface area contributed by atoms with Crippen LogP contribution < -0.4 is 11.1 Å². The average molecular weight is 348 g/mol. The van der Waals surface area contributed by atoms with E-state index in [1.807, 2.05) is 6.92 Å². The maximum atomic E-state index is 12.3. The van der Waals surface area contributed by atoms with Crippen molar-refractivity contribution >= 4 is 29.7 Å². The number of amides is 1. The van der Waals surface area contributed by atoms with Crippen molar-refractivity contribution in [3.8, 4) is 0 Å². The lowest BCUT2D eigenvalue weighted by Gasteiger charge is -2.55. The van der Waals surface area contributed by atoms with Crippen molar-refractivity contribution in [2.24, 2.45) is 11.1 Å². The van der Waals surface area contributed by atoms with E-state index in [4.69, 9.17) is 10.5 Å². The van der Waals surface area contributed by atoms with Gasteiger partial charge in [-0.25, -0.2) is 4.98 Å². The first-order valence-electron chi connectivity index (χ1n) is 7.68. The van der Waals surface area contributed by atoms with E-state index < -0.39 is 0 Å². The molecule has 0 spiro atoms. The van der Waals surface area contributed by atoms with Crippen molar-refractivity contribution in [3.63, 3.8) is 0 Å². The number of carbonyl (C=O) groups excluding carboxylic acids is 1. The number of aromatic nitrogens is 1. The van der Waals surface area contributed by atoms with Gasteiger partial charge in [0.15, 0.2) is 0 Å². The van der Waals surface area contributed by atoms with E-state index in [0.717, 1.165) is 30.9 Å². The maximum absolute atomic E-state index is 12.3. The fourth-order valence-corrected chi connectivity index (χ4v) is 3.98. The molecule has 2 rings (SSSR count). The first-order chi connectivity index (χ1) is 10.1. The van der Waals surface area contributed by atoms with E-state index in [9.17, 15) is 4.79 Å². The van der Waals surface area contributed by atoms with Gasteiger partial charge >= 0.3 is 0 Å². The largest absolute Gasteiger partial charge is 0.378 e. The maximum Gasteiger partial charge on any atom is 0.271 e. The summed E-state index contributed by atoms with van der Waals surface area (Å²) in [6.07, 6.45) is 3.14. The summed E-state index contributed by atoms with van der Waals surface area (Å²) in [4.78, 5) is 16.6. The molecule has 1 aromatic heterocycles. The fraction of sp³-hybridized carbons (Fsp3) is 0.733. The van der Waals surface area contributed by atoms with Crippen LogP contribution in [0.15, 0.2) is 5.38 Å². The Bertz CT molecular complexity index is 491. The van der Waals surface area contributed by atoms with Crippen LogP contribution in [0.3, 0.4) is 0 Å². The minimum absolute atomic E-state index is 0. The van der Waals surface area contributed by atoms with E-state index in [-0.39, 0.29) is 35.9 Å². The predicted molar refractivity (Wildman–Crippen MR) is 91.6 cm³/mol. The van der Waals surface area contributed by atoms with Crippen molar-refractivity contribution in [1.82, 2.24) is 10.3 Å². The molecule has 0 saturated heterocycles. The van der Waals surface area contributed by atoms with Gasteiger partial charge in [-0.3, -0.25) is 4.79 Å². The van der Waals surface area contributed by atoms with Crippen molar-refractivity contribution in [3.05, 3.63) is 16.1 Å². The predicted octanol–water partition coefficient (Wildman–Crippen LogP) is 2.74. The molecule has 7 heteroatoms. The van der Waals surface area contributed by atoms with Crippen molar-refractivity contribution in [2.45, 2.75) is 58.7 Å². The fourth-order valence-electron chi connectivity index (χ4n) is 3.32. The molecule has 1 aromatic rings. The molecule has 3 N–H and O–H groups in total. The summed E-state index contributed by atoms with van der Waals surface area (Å²) in [5, 5.41) is 5.70. The van der Waals surface area contributed by atoms with Crippen LogP contribution in [0.5, 0.6) is 0 Å². The molecule has 5 nitrogen and oxygen atoms in total. The molecule has 1 amide bonds. The highest BCUT2D eigenvalue weighted by molar-refractivity contribution is 7.09. The van der Waals surface area contributed by atoms with Crippen molar-refractivity contribution < 1.29 is 9.53 Å². The van der Waals surface area contributed by atoms with Crippen molar-refractivity contribution in [1.29, 1.82) is 0 Å². The van der Waals surface area contributed by atoms with Gasteiger partial charge in [0.2, 0.25) is 0 Å². The van der Waals surface area contributed by atoms with Gasteiger partial charge < -0.3 is 15.8 Å². The zero-order valence-electron chi connectivity index (χ0n) is 13.4. The number of halogens is 1. The van der Waals surface area contributed by atoms with E-state index in [2.05, 4.69) is 24.1 Å². The van der Waals surface area contributed by atoms with E-state index in [1.54, 1.807) is 5.38 Å². The molecule has 0 radical (unpaired) electrons. The summed E-state index contributed by atoms with van der Waals surface area (Å²) in [5.74, 6) is -0.0998. The quantitative estimate of drug-likeness (QED) is 0.795. The van der Waals surface area contributed by atoms with Crippen LogP contribution in [0, 0.1) is 5.41 Å². The number of carbonyl (C=O) groups is 1. The molecule has 0 aromatic carbocycles. The Morgan fingerprint density at radius 1 is 1.50 bits per heavy atom. The summed E-state index contributed by atoms with van der Waals surface area (Å²) in [6, 6.07) is 0.166. The summed E-state index contributed by atoms with van der Waals surface area (Å²) in [7, 11) is 0. The van der Waals surface area contributed by atoms with Gasteiger partial charge in [-0.2, -0.15) is 0 Å². The van der Waals surface area contributed by atoms with Crippen LogP contribution in [-0.2, 0) is 11.3 Å². The lowest BCUT2D eigenvalue weighted by molar-refractivity contribution is -0.134. The molecule has 1 aliphatic carbocycles. The Morgan fingerprint density at radius 2 is 2.18 bits per heavy atom. The van der Waals surface area contributed by atoms with Crippen LogP contribution in [0.2, 0.25) is 0 Å². The topological polar surface area (TPSA) is 77.2 Å². The third kappa shape index (κ3) is 3.45. The summed E-state index contributed by atoms with van der Waals surface area (Å²) < 4.78 is 5.83. The molecular formula is C15H26ClN3O2S. The Morgan fingerprint density at radius 3 is 2.68 bits per heavy atom. The number of ether oxygens (including phenoxy) is 1. The zero-order chi connectivity index (χ0) is 15.5. The first-order valence-corrected chi connectivity index (χ1v) is 8.56. The highest BCUT2D eigenvalue weighted by atomic mass is 35.5. The molecule has 22 heavy (non-hydrogen) atoms. The molecule has 0 aliphatic heterocycles. The van der Waals surface area contributed by atoms with Gasteiger partial charge in [0.25, 0.3) is 5.91 Å². The molecule has 1 fully saturated rings. The summed E-state index contributed by atoms with van der Waals surface area (Å²) in [5.41, 5.74) is 6.07.